The first-order valence-electron chi connectivity index (χ1n) is 7.92. The highest BCUT2D eigenvalue weighted by atomic mass is 127. The molecule has 0 amide bonds. The van der Waals surface area contributed by atoms with Crippen LogP contribution in [0.2, 0.25) is 0 Å². The lowest BCUT2D eigenvalue weighted by Gasteiger charge is -2.14. The number of thiazole rings is 1. The molecule has 0 saturated heterocycles. The van der Waals surface area contributed by atoms with Crippen LogP contribution in [-0.2, 0) is 19.5 Å². The number of rotatable bonds is 7. The fraction of sp³-hybridized carbons (Fsp3) is 0.438. The molecule has 6 nitrogen and oxygen atoms in total. The minimum Gasteiger partial charge on any atom is -0.468 e. The van der Waals surface area contributed by atoms with Gasteiger partial charge in [-0.25, -0.2) is 9.97 Å². The molecular weight excluding hydrogens is 494 g/mol. The quantitative estimate of drug-likeness (QED) is 0.336. The molecule has 2 aromatic rings. The van der Waals surface area contributed by atoms with E-state index in [1.165, 1.54) is 11.1 Å². The van der Waals surface area contributed by atoms with Gasteiger partial charge in [0.1, 0.15) is 5.01 Å². The summed E-state index contributed by atoms with van der Waals surface area (Å²) in [5.41, 5.74) is 0.502. The number of aromatic nitrogens is 2. The molecule has 27 heavy (non-hydrogen) atoms. The first-order valence-corrected chi connectivity index (χ1v) is 8.74. The van der Waals surface area contributed by atoms with Crippen LogP contribution in [0.5, 0.6) is 5.88 Å². The lowest BCUT2D eigenvalue weighted by molar-refractivity contribution is -0.154. The Balaban J connectivity index is 0.00000364. The Hall–Kier alpha value is -1.63. The average Bonchev–Trinajstić information content (AvgIpc) is 3.08. The van der Waals surface area contributed by atoms with Gasteiger partial charge in [-0.3, -0.25) is 4.99 Å². The number of aliphatic imine (C=N–C) groups is 1. The summed E-state index contributed by atoms with van der Waals surface area (Å²) in [5, 5.41) is 7.07. The number of pyridine rings is 1. The Morgan fingerprint density at radius 1 is 1.26 bits per heavy atom. The summed E-state index contributed by atoms with van der Waals surface area (Å²) in [6.07, 6.45) is -0.245. The lowest BCUT2D eigenvalue weighted by atomic mass is 10.2. The monoisotopic (exact) mass is 515 g/mol. The van der Waals surface area contributed by atoms with Crippen LogP contribution in [0.25, 0.3) is 0 Å². The lowest BCUT2D eigenvalue weighted by Crippen LogP contribution is -2.36. The van der Waals surface area contributed by atoms with Crippen LogP contribution in [-0.4, -0.2) is 35.8 Å². The largest absolute Gasteiger partial charge is 0.468 e. The van der Waals surface area contributed by atoms with E-state index in [0.717, 1.165) is 11.4 Å². The molecule has 0 aliphatic rings. The van der Waals surface area contributed by atoms with Crippen LogP contribution < -0.4 is 15.4 Å². The van der Waals surface area contributed by atoms with Crippen molar-refractivity contribution in [3.05, 3.63) is 40.0 Å². The fourth-order valence-electron chi connectivity index (χ4n) is 1.99. The highest BCUT2D eigenvalue weighted by molar-refractivity contribution is 14.0. The standard InChI is InChI=1S/C16H20F3N5OS.HI/c1-3-12-8-22-13(26-12)9-24-15(20-2)23-7-11-5-4-6-21-14(11)25-10-16(17,18)19;/h4-6,8H,3,7,9-10H2,1-2H3,(H2,20,23,24);1H. The maximum absolute atomic E-state index is 12.3. The van der Waals surface area contributed by atoms with Crippen molar-refractivity contribution in [1.82, 2.24) is 20.6 Å². The molecule has 0 aliphatic carbocycles. The smallest absolute Gasteiger partial charge is 0.422 e. The predicted octanol–water partition coefficient (Wildman–Crippen LogP) is 3.52. The first-order chi connectivity index (χ1) is 12.4. The summed E-state index contributed by atoms with van der Waals surface area (Å²) in [6.45, 7) is 1.42. The molecule has 11 heteroatoms. The van der Waals surface area contributed by atoms with E-state index in [4.69, 9.17) is 4.74 Å². The van der Waals surface area contributed by atoms with Crippen LogP contribution in [0.4, 0.5) is 13.2 Å². The number of nitrogens with one attached hydrogen (secondary N) is 2. The predicted molar refractivity (Wildman–Crippen MR) is 110 cm³/mol. The number of aryl methyl sites for hydroxylation is 1. The van der Waals surface area contributed by atoms with Gasteiger partial charge in [-0.05, 0) is 12.5 Å². The summed E-state index contributed by atoms with van der Waals surface area (Å²) in [4.78, 5) is 13.5. The summed E-state index contributed by atoms with van der Waals surface area (Å²) in [5.74, 6) is 0.448. The van der Waals surface area contributed by atoms with Crippen LogP contribution in [0.3, 0.4) is 0 Å². The van der Waals surface area contributed by atoms with E-state index in [1.807, 2.05) is 6.20 Å². The van der Waals surface area contributed by atoms with Crippen LogP contribution >= 0.6 is 35.3 Å². The fourth-order valence-corrected chi connectivity index (χ4v) is 2.79. The van der Waals surface area contributed by atoms with Crippen molar-refractivity contribution in [2.45, 2.75) is 32.6 Å². The second-order valence-electron chi connectivity index (χ2n) is 5.22. The molecule has 0 radical (unpaired) electrons. The third-order valence-corrected chi connectivity index (χ3v) is 4.39. The molecule has 0 unspecified atom stereocenters. The molecule has 0 fully saturated rings. The second kappa shape index (κ2) is 11.3. The Bertz CT molecular complexity index is 739. The number of hydrogen-bond donors (Lipinski definition) is 2. The van der Waals surface area contributed by atoms with Gasteiger partial charge in [0.15, 0.2) is 12.6 Å². The SMILES string of the molecule is CCc1cnc(CNC(=NC)NCc2cccnc2OCC(F)(F)F)s1.I. The van der Waals surface area contributed by atoms with Crippen LogP contribution in [0.15, 0.2) is 29.5 Å². The summed E-state index contributed by atoms with van der Waals surface area (Å²) < 4.78 is 41.8. The molecule has 2 N–H and O–H groups in total. The van der Waals surface area contributed by atoms with Crippen LogP contribution in [0.1, 0.15) is 22.4 Å². The molecular formula is C16H21F3IN5OS. The number of nitrogens with zero attached hydrogens (tertiary/aromatic N) is 3. The molecule has 0 aliphatic heterocycles. The van der Waals surface area contributed by atoms with E-state index in [-0.39, 0.29) is 36.4 Å². The van der Waals surface area contributed by atoms with Crippen molar-refractivity contribution >= 4 is 41.3 Å². The normalized spacial score (nSPS) is 11.7. The van der Waals surface area contributed by atoms with Crippen molar-refractivity contribution in [3.63, 3.8) is 0 Å². The van der Waals surface area contributed by atoms with Crippen molar-refractivity contribution in [1.29, 1.82) is 0 Å². The Morgan fingerprint density at radius 2 is 2.00 bits per heavy atom. The summed E-state index contributed by atoms with van der Waals surface area (Å²) in [6, 6.07) is 3.28. The van der Waals surface area contributed by atoms with Gasteiger partial charge < -0.3 is 15.4 Å². The maximum Gasteiger partial charge on any atom is 0.422 e. The molecule has 0 aromatic carbocycles. The van der Waals surface area contributed by atoms with E-state index in [0.29, 0.717) is 18.1 Å². The van der Waals surface area contributed by atoms with Gasteiger partial charge in [-0.2, -0.15) is 13.2 Å². The zero-order valence-electron chi connectivity index (χ0n) is 14.8. The number of guanidine groups is 1. The van der Waals surface area contributed by atoms with Crippen molar-refractivity contribution in [3.8, 4) is 5.88 Å². The number of alkyl halides is 3. The van der Waals surface area contributed by atoms with E-state index >= 15 is 0 Å². The van der Waals surface area contributed by atoms with Crippen molar-refractivity contribution in [2.24, 2.45) is 4.99 Å². The summed E-state index contributed by atoms with van der Waals surface area (Å²) in [7, 11) is 1.61. The number of ether oxygens (including phenoxy) is 1. The van der Waals surface area contributed by atoms with Gasteiger partial charge in [0, 0.05) is 36.4 Å². The van der Waals surface area contributed by atoms with Gasteiger partial charge in [-0.1, -0.05) is 13.0 Å². The van der Waals surface area contributed by atoms with Crippen molar-refractivity contribution in [2.75, 3.05) is 13.7 Å². The van der Waals surface area contributed by atoms with E-state index < -0.39 is 12.8 Å². The average molecular weight is 515 g/mol. The molecule has 0 atom stereocenters. The van der Waals surface area contributed by atoms with Gasteiger partial charge in [0.2, 0.25) is 5.88 Å². The first kappa shape index (κ1) is 23.4. The number of halogens is 4. The third-order valence-electron chi connectivity index (χ3n) is 3.25. The van der Waals surface area contributed by atoms with E-state index in [2.05, 4.69) is 32.5 Å². The minimum absolute atomic E-state index is 0. The van der Waals surface area contributed by atoms with E-state index in [1.54, 1.807) is 30.5 Å². The molecule has 0 bridgehead atoms. The Labute approximate surface area is 176 Å². The van der Waals surface area contributed by atoms with Gasteiger partial charge in [0.25, 0.3) is 0 Å². The molecule has 2 aromatic heterocycles. The van der Waals surface area contributed by atoms with Crippen molar-refractivity contribution < 1.29 is 17.9 Å². The zero-order chi connectivity index (χ0) is 19.0. The Morgan fingerprint density at radius 3 is 2.63 bits per heavy atom. The number of hydrogen-bond acceptors (Lipinski definition) is 5. The maximum atomic E-state index is 12.3. The molecule has 2 rings (SSSR count). The van der Waals surface area contributed by atoms with Gasteiger partial charge in [-0.15, -0.1) is 35.3 Å². The highest BCUT2D eigenvalue weighted by Gasteiger charge is 2.29. The topological polar surface area (TPSA) is 71.4 Å². The molecule has 2 heterocycles. The minimum atomic E-state index is -4.41. The Kier molecular flexibility index (Phi) is 9.77. The zero-order valence-corrected chi connectivity index (χ0v) is 18.0. The molecule has 0 saturated carbocycles. The van der Waals surface area contributed by atoms with Gasteiger partial charge >= 0.3 is 6.18 Å². The van der Waals surface area contributed by atoms with Gasteiger partial charge in [0.05, 0.1) is 6.54 Å². The van der Waals surface area contributed by atoms with E-state index in [9.17, 15) is 13.2 Å². The molecule has 150 valence electrons. The second-order valence-corrected chi connectivity index (χ2v) is 6.42. The highest BCUT2D eigenvalue weighted by Crippen LogP contribution is 2.19. The van der Waals surface area contributed by atoms with Crippen LogP contribution in [0, 0.1) is 0 Å². The third kappa shape index (κ3) is 8.28. The molecule has 0 spiro atoms. The summed E-state index contributed by atoms with van der Waals surface area (Å²) >= 11 is 1.62.